The molecule has 0 fully saturated rings. The second kappa shape index (κ2) is 8.83. The summed E-state index contributed by atoms with van der Waals surface area (Å²) in [4.78, 5) is 2.57. The summed E-state index contributed by atoms with van der Waals surface area (Å²) in [6, 6.07) is 15.8. The van der Waals surface area contributed by atoms with E-state index in [0.717, 1.165) is 18.7 Å². The largest absolute Gasteiger partial charge is 0.497 e. The zero-order valence-electron chi connectivity index (χ0n) is 15.7. The van der Waals surface area contributed by atoms with Gasteiger partial charge in [-0.2, -0.15) is 0 Å². The Morgan fingerprint density at radius 3 is 2.56 bits per heavy atom. The van der Waals surface area contributed by atoms with E-state index in [1.807, 2.05) is 30.3 Å². The minimum Gasteiger partial charge on any atom is -0.497 e. The van der Waals surface area contributed by atoms with Gasteiger partial charge in [0.05, 0.1) is 26.5 Å². The van der Waals surface area contributed by atoms with Crippen molar-refractivity contribution in [3.05, 3.63) is 58.9 Å². The van der Waals surface area contributed by atoms with E-state index in [9.17, 15) is 0 Å². The summed E-state index contributed by atoms with van der Waals surface area (Å²) >= 11 is 5.37. The minimum atomic E-state index is 0.328. The van der Waals surface area contributed by atoms with Crippen LogP contribution in [-0.2, 0) is 13.2 Å². The SMILES string of the molecule is CCN(Cc1ccccc1)Cn1nc(-c2ccc(OC)cc2OC)oc1=S. The van der Waals surface area contributed by atoms with Crippen LogP contribution in [0.2, 0.25) is 0 Å². The van der Waals surface area contributed by atoms with Crippen LogP contribution in [0.1, 0.15) is 12.5 Å². The first-order valence-electron chi connectivity index (χ1n) is 8.71. The molecule has 0 aliphatic carbocycles. The molecule has 3 rings (SSSR count). The molecule has 0 N–H and O–H groups in total. The molecule has 0 atom stereocenters. The fourth-order valence-electron chi connectivity index (χ4n) is 2.77. The number of rotatable bonds is 8. The van der Waals surface area contributed by atoms with Crippen molar-refractivity contribution < 1.29 is 13.9 Å². The van der Waals surface area contributed by atoms with Gasteiger partial charge in [0, 0.05) is 12.6 Å². The van der Waals surface area contributed by atoms with E-state index >= 15 is 0 Å². The summed E-state index contributed by atoms with van der Waals surface area (Å²) in [5.41, 5.74) is 1.97. The van der Waals surface area contributed by atoms with Crippen LogP contribution in [0.5, 0.6) is 11.5 Å². The van der Waals surface area contributed by atoms with E-state index in [1.165, 1.54) is 5.56 Å². The first-order valence-corrected chi connectivity index (χ1v) is 9.12. The van der Waals surface area contributed by atoms with Gasteiger partial charge in [-0.15, -0.1) is 5.10 Å². The topological polar surface area (TPSA) is 52.7 Å². The number of nitrogens with zero attached hydrogens (tertiary/aromatic N) is 3. The number of benzene rings is 2. The predicted molar refractivity (Wildman–Crippen MR) is 106 cm³/mol. The molecule has 0 saturated carbocycles. The molecule has 1 heterocycles. The molecule has 1 aromatic heterocycles. The van der Waals surface area contributed by atoms with Crippen LogP contribution in [-0.4, -0.2) is 35.4 Å². The zero-order chi connectivity index (χ0) is 19.2. The van der Waals surface area contributed by atoms with Crippen LogP contribution >= 0.6 is 12.2 Å². The summed E-state index contributed by atoms with van der Waals surface area (Å²) in [5.74, 6) is 1.75. The van der Waals surface area contributed by atoms with E-state index < -0.39 is 0 Å². The van der Waals surface area contributed by atoms with Gasteiger partial charge in [0.25, 0.3) is 10.7 Å². The number of ether oxygens (including phenoxy) is 2. The summed E-state index contributed by atoms with van der Waals surface area (Å²) in [6.45, 7) is 4.34. The highest BCUT2D eigenvalue weighted by atomic mass is 32.1. The Morgan fingerprint density at radius 2 is 1.89 bits per heavy atom. The Balaban J connectivity index is 1.83. The van der Waals surface area contributed by atoms with Crippen LogP contribution in [0.4, 0.5) is 0 Å². The van der Waals surface area contributed by atoms with E-state index in [0.29, 0.717) is 28.9 Å². The van der Waals surface area contributed by atoms with Crippen molar-refractivity contribution in [1.82, 2.24) is 14.7 Å². The molecule has 6 nitrogen and oxygen atoms in total. The Kier molecular flexibility index (Phi) is 6.26. The lowest BCUT2D eigenvalue weighted by Gasteiger charge is -2.19. The highest BCUT2D eigenvalue weighted by Crippen LogP contribution is 2.32. The highest BCUT2D eigenvalue weighted by Gasteiger charge is 2.16. The Labute approximate surface area is 163 Å². The summed E-state index contributed by atoms with van der Waals surface area (Å²) in [6.07, 6.45) is 0. The van der Waals surface area contributed by atoms with Crippen molar-refractivity contribution in [2.45, 2.75) is 20.1 Å². The Hall–Kier alpha value is -2.64. The molecule has 27 heavy (non-hydrogen) atoms. The standard InChI is InChI=1S/C20H23N3O3S/c1-4-22(13-15-8-6-5-7-9-15)14-23-20(27)26-19(21-23)17-11-10-16(24-2)12-18(17)25-3/h5-12H,4,13-14H2,1-3H3. The monoisotopic (exact) mass is 385 g/mol. The summed E-state index contributed by atoms with van der Waals surface area (Å²) in [5, 5.41) is 4.56. The second-order valence-electron chi connectivity index (χ2n) is 6.01. The number of methoxy groups -OCH3 is 2. The molecule has 0 amide bonds. The van der Waals surface area contributed by atoms with Crippen LogP contribution < -0.4 is 9.47 Å². The fraction of sp³-hybridized carbons (Fsp3) is 0.300. The lowest BCUT2D eigenvalue weighted by molar-refractivity contribution is 0.205. The number of hydrogen-bond donors (Lipinski definition) is 0. The van der Waals surface area contributed by atoms with Gasteiger partial charge < -0.3 is 13.9 Å². The predicted octanol–water partition coefficient (Wildman–Crippen LogP) is 4.37. The van der Waals surface area contributed by atoms with Crippen LogP contribution in [0.25, 0.3) is 11.5 Å². The van der Waals surface area contributed by atoms with Crippen molar-refractivity contribution in [1.29, 1.82) is 0 Å². The maximum atomic E-state index is 5.73. The van der Waals surface area contributed by atoms with Crippen molar-refractivity contribution in [3.8, 4) is 23.0 Å². The fourth-order valence-corrected chi connectivity index (χ4v) is 2.95. The molecule has 2 aromatic carbocycles. The Morgan fingerprint density at radius 1 is 1.11 bits per heavy atom. The summed E-state index contributed by atoms with van der Waals surface area (Å²) < 4.78 is 18.1. The molecule has 0 bridgehead atoms. The third kappa shape index (κ3) is 4.56. The third-order valence-corrected chi connectivity index (χ3v) is 4.57. The molecule has 0 aliphatic heterocycles. The number of aromatic nitrogens is 2. The minimum absolute atomic E-state index is 0.328. The van der Waals surface area contributed by atoms with Crippen LogP contribution in [0.15, 0.2) is 52.9 Å². The van der Waals surface area contributed by atoms with Gasteiger partial charge in [-0.05, 0) is 36.5 Å². The van der Waals surface area contributed by atoms with Gasteiger partial charge in [-0.25, -0.2) is 4.68 Å². The van der Waals surface area contributed by atoms with Crippen molar-refractivity contribution in [3.63, 3.8) is 0 Å². The van der Waals surface area contributed by atoms with Crippen molar-refractivity contribution in [2.24, 2.45) is 0 Å². The molecule has 3 aromatic rings. The van der Waals surface area contributed by atoms with Gasteiger partial charge in [-0.1, -0.05) is 37.3 Å². The van der Waals surface area contributed by atoms with Crippen molar-refractivity contribution >= 4 is 12.2 Å². The molecule has 0 aliphatic rings. The average Bonchev–Trinajstić information content (AvgIpc) is 3.07. The average molecular weight is 385 g/mol. The maximum Gasteiger partial charge on any atom is 0.288 e. The quantitative estimate of drug-likeness (QED) is 0.537. The smallest absolute Gasteiger partial charge is 0.288 e. The lowest BCUT2D eigenvalue weighted by atomic mass is 10.2. The molecule has 0 radical (unpaired) electrons. The highest BCUT2D eigenvalue weighted by molar-refractivity contribution is 7.71. The second-order valence-corrected chi connectivity index (χ2v) is 6.36. The van der Waals surface area contributed by atoms with Crippen LogP contribution in [0, 0.1) is 4.84 Å². The Bertz CT molecular complexity index is 937. The van der Waals surface area contributed by atoms with E-state index in [1.54, 1.807) is 25.0 Å². The normalized spacial score (nSPS) is 11.0. The first kappa shape index (κ1) is 19.1. The first-order chi connectivity index (χ1) is 13.1. The van der Waals surface area contributed by atoms with Gasteiger partial charge in [0.15, 0.2) is 0 Å². The van der Waals surface area contributed by atoms with Crippen LogP contribution in [0.3, 0.4) is 0 Å². The van der Waals surface area contributed by atoms with E-state index in [-0.39, 0.29) is 0 Å². The van der Waals surface area contributed by atoms with E-state index in [4.69, 9.17) is 26.1 Å². The third-order valence-electron chi connectivity index (χ3n) is 4.28. The van der Waals surface area contributed by atoms with Gasteiger partial charge in [0.1, 0.15) is 11.5 Å². The molecule has 7 heteroatoms. The number of hydrogen-bond acceptors (Lipinski definition) is 6. The molecule has 0 saturated heterocycles. The zero-order valence-corrected chi connectivity index (χ0v) is 16.5. The van der Waals surface area contributed by atoms with Gasteiger partial charge >= 0.3 is 0 Å². The summed E-state index contributed by atoms with van der Waals surface area (Å²) in [7, 11) is 3.21. The molecular weight excluding hydrogens is 362 g/mol. The molecule has 0 unspecified atom stereocenters. The lowest BCUT2D eigenvalue weighted by Crippen LogP contribution is -2.26. The van der Waals surface area contributed by atoms with Gasteiger partial charge in [-0.3, -0.25) is 4.90 Å². The maximum absolute atomic E-state index is 5.73. The molecule has 142 valence electrons. The van der Waals surface area contributed by atoms with Crippen molar-refractivity contribution in [2.75, 3.05) is 20.8 Å². The van der Waals surface area contributed by atoms with Gasteiger partial charge in [0.2, 0.25) is 0 Å². The molecule has 0 spiro atoms. The van der Waals surface area contributed by atoms with E-state index in [2.05, 4.69) is 29.1 Å². The molecular formula is C20H23N3O3S.